The van der Waals surface area contributed by atoms with Gasteiger partial charge in [0.05, 0.1) is 12.6 Å². The maximum absolute atomic E-state index is 13.5. The molecule has 11 nitrogen and oxygen atoms in total. The third kappa shape index (κ3) is 7.84. The molecule has 0 aromatic carbocycles. The minimum absolute atomic E-state index is 0.203. The van der Waals surface area contributed by atoms with Gasteiger partial charge >= 0.3 is 25.1 Å². The van der Waals surface area contributed by atoms with Gasteiger partial charge in [0.1, 0.15) is 18.7 Å². The zero-order valence-corrected chi connectivity index (χ0v) is 22.1. The van der Waals surface area contributed by atoms with Crippen LogP contribution in [0.1, 0.15) is 26.7 Å². The van der Waals surface area contributed by atoms with E-state index in [0.717, 1.165) is 4.90 Å². The highest BCUT2D eigenvalue weighted by Crippen LogP contribution is 2.64. The third-order valence-corrected chi connectivity index (χ3v) is 7.78. The van der Waals surface area contributed by atoms with Crippen molar-refractivity contribution in [3.05, 3.63) is 0 Å². The van der Waals surface area contributed by atoms with E-state index in [9.17, 15) is 59.1 Å². The molecule has 0 radical (unpaired) electrons. The number of rotatable bonds is 12. The standard InChI is InChI=1S/C23H28F8N4O7/c1-21(2)10-6-35(18(39)12(7-41-20(24)25)34-19(40)22(26,27)28)15(14(10)21)17(38)33-11(5-9-3-4-32-16(9)37)13(36)8-42-23(29,30)31/h9-12,14-15,20H,3-8H2,1-2H3,(H,32,37)(H,33,38)(H,34,40)/t9-,10-,11?,12?,14-,15-/m0/s1. The maximum atomic E-state index is 13.5. The van der Waals surface area contributed by atoms with Crippen molar-refractivity contribution in [3.63, 3.8) is 0 Å². The lowest BCUT2D eigenvalue weighted by atomic mass is 9.94. The SMILES string of the molecule is CC1(C)[C@@H]2[C@@H](C(=O)NC(C[C@@H]3CCNC3=O)C(=O)COC(F)(F)F)N(C(=O)C(COC(F)F)NC(=O)C(F)(F)F)C[C@@H]21. The number of Topliss-reactive ketones (excluding diaryl/α,β-unsaturated/α-hetero) is 1. The van der Waals surface area contributed by atoms with Crippen LogP contribution in [0.4, 0.5) is 35.1 Å². The number of carbonyl (C=O) groups excluding carboxylic acids is 5. The molecule has 1 aliphatic carbocycles. The summed E-state index contributed by atoms with van der Waals surface area (Å²) in [6.07, 6.45) is -10.9. The number of fused-ring (bicyclic) bond motifs is 1. The molecular weight excluding hydrogens is 596 g/mol. The summed E-state index contributed by atoms with van der Waals surface area (Å²) in [4.78, 5) is 63.7. The van der Waals surface area contributed by atoms with Gasteiger partial charge in [-0.15, -0.1) is 13.2 Å². The topological polar surface area (TPSA) is 143 Å². The number of ketones is 1. The summed E-state index contributed by atoms with van der Waals surface area (Å²) in [5.41, 5.74) is -0.604. The fourth-order valence-electron chi connectivity index (χ4n) is 5.53. The number of alkyl halides is 8. The van der Waals surface area contributed by atoms with E-state index in [0.29, 0.717) is 0 Å². The molecule has 4 amide bonds. The monoisotopic (exact) mass is 624 g/mol. The van der Waals surface area contributed by atoms with Crippen molar-refractivity contribution in [1.82, 2.24) is 20.9 Å². The summed E-state index contributed by atoms with van der Waals surface area (Å²) >= 11 is 0. The Kier molecular flexibility index (Phi) is 9.75. The minimum Gasteiger partial charge on any atom is -0.356 e. The van der Waals surface area contributed by atoms with Crippen LogP contribution in [0.3, 0.4) is 0 Å². The van der Waals surface area contributed by atoms with E-state index in [1.807, 2.05) is 0 Å². The molecule has 19 heteroatoms. The summed E-state index contributed by atoms with van der Waals surface area (Å²) in [5, 5.41) is 6.00. The highest BCUT2D eigenvalue weighted by molar-refractivity contribution is 5.97. The van der Waals surface area contributed by atoms with Crippen LogP contribution < -0.4 is 16.0 Å². The number of hydrogen-bond donors (Lipinski definition) is 3. The minimum atomic E-state index is -5.49. The first-order valence-electron chi connectivity index (χ1n) is 12.6. The molecule has 2 aliphatic heterocycles. The Morgan fingerprint density at radius 3 is 2.24 bits per heavy atom. The summed E-state index contributed by atoms with van der Waals surface area (Å²) in [7, 11) is 0. The van der Waals surface area contributed by atoms with Gasteiger partial charge in [0.15, 0.2) is 5.78 Å². The maximum Gasteiger partial charge on any atom is 0.522 e. The van der Waals surface area contributed by atoms with E-state index < -0.39 is 109 Å². The van der Waals surface area contributed by atoms with Crippen LogP contribution in [0, 0.1) is 23.2 Å². The fourth-order valence-corrected chi connectivity index (χ4v) is 5.53. The molecule has 0 spiro atoms. The van der Waals surface area contributed by atoms with Crippen molar-refractivity contribution < 1.29 is 68.6 Å². The number of halogens is 8. The lowest BCUT2D eigenvalue weighted by molar-refractivity contribution is -0.321. The average molecular weight is 624 g/mol. The Bertz CT molecular complexity index is 1080. The molecule has 2 unspecified atom stereocenters. The molecule has 0 bridgehead atoms. The van der Waals surface area contributed by atoms with Gasteiger partial charge < -0.3 is 25.6 Å². The molecule has 3 rings (SSSR count). The Morgan fingerprint density at radius 1 is 1.07 bits per heavy atom. The molecule has 0 aromatic heterocycles. The van der Waals surface area contributed by atoms with E-state index >= 15 is 0 Å². The number of amides is 4. The molecule has 3 fully saturated rings. The van der Waals surface area contributed by atoms with E-state index in [4.69, 9.17) is 0 Å². The van der Waals surface area contributed by atoms with E-state index in [-0.39, 0.29) is 19.5 Å². The zero-order chi connectivity index (χ0) is 31.8. The zero-order valence-electron chi connectivity index (χ0n) is 22.1. The van der Waals surface area contributed by atoms with Crippen molar-refractivity contribution in [2.45, 2.75) is 64.0 Å². The highest BCUT2D eigenvalue weighted by atomic mass is 19.4. The Hall–Kier alpha value is -3.09. The fraction of sp³-hybridized carbons (Fsp3) is 0.783. The average Bonchev–Trinajstić information content (AvgIpc) is 3.21. The second kappa shape index (κ2) is 12.3. The van der Waals surface area contributed by atoms with Crippen LogP contribution in [0.15, 0.2) is 0 Å². The second-order valence-electron chi connectivity index (χ2n) is 10.8. The largest absolute Gasteiger partial charge is 0.522 e. The molecule has 42 heavy (non-hydrogen) atoms. The van der Waals surface area contributed by atoms with E-state index in [1.54, 1.807) is 13.8 Å². The third-order valence-electron chi connectivity index (χ3n) is 7.78. The molecule has 0 aromatic rings. The Balaban J connectivity index is 1.84. The van der Waals surface area contributed by atoms with Gasteiger partial charge in [-0.2, -0.15) is 22.0 Å². The number of ether oxygens (including phenoxy) is 2. The number of carbonyl (C=O) groups is 5. The van der Waals surface area contributed by atoms with Crippen LogP contribution in [0.25, 0.3) is 0 Å². The molecular formula is C23H28F8N4O7. The predicted molar refractivity (Wildman–Crippen MR) is 121 cm³/mol. The van der Waals surface area contributed by atoms with Crippen molar-refractivity contribution in [3.8, 4) is 0 Å². The van der Waals surface area contributed by atoms with Crippen LogP contribution in [0.2, 0.25) is 0 Å². The number of piperidine rings is 1. The molecule has 3 aliphatic rings. The van der Waals surface area contributed by atoms with Crippen LogP contribution in [-0.4, -0.2) is 97.9 Å². The first-order chi connectivity index (χ1) is 19.2. The van der Waals surface area contributed by atoms with Gasteiger partial charge in [0.25, 0.3) is 0 Å². The van der Waals surface area contributed by atoms with Crippen LogP contribution in [0.5, 0.6) is 0 Å². The Labute approximate surface area is 233 Å². The van der Waals surface area contributed by atoms with Gasteiger partial charge in [0, 0.05) is 19.0 Å². The summed E-state index contributed by atoms with van der Waals surface area (Å²) in [6, 6.07) is -5.48. The molecule has 2 saturated heterocycles. The molecule has 238 valence electrons. The smallest absolute Gasteiger partial charge is 0.356 e. The van der Waals surface area contributed by atoms with Crippen molar-refractivity contribution >= 4 is 29.4 Å². The van der Waals surface area contributed by atoms with E-state index in [1.165, 1.54) is 5.32 Å². The summed E-state index contributed by atoms with van der Waals surface area (Å²) in [6.45, 7) is -3.04. The number of nitrogens with zero attached hydrogens (tertiary/aromatic N) is 1. The molecule has 1 saturated carbocycles. The molecule has 6 atom stereocenters. The Morgan fingerprint density at radius 2 is 1.71 bits per heavy atom. The molecule has 3 N–H and O–H groups in total. The lowest BCUT2D eigenvalue weighted by Crippen LogP contribution is -2.59. The number of likely N-dealkylation sites (tertiary alicyclic amines) is 1. The normalized spacial score (nSPS) is 26.4. The van der Waals surface area contributed by atoms with Gasteiger partial charge in [-0.3, -0.25) is 28.7 Å². The number of nitrogens with one attached hydrogen (secondary N) is 3. The van der Waals surface area contributed by atoms with Gasteiger partial charge in [-0.05, 0) is 30.1 Å². The lowest BCUT2D eigenvalue weighted by Gasteiger charge is -2.34. The van der Waals surface area contributed by atoms with Crippen LogP contribution in [-0.2, 0) is 33.4 Å². The predicted octanol–water partition coefficient (Wildman–Crippen LogP) is 0.872. The van der Waals surface area contributed by atoms with Crippen molar-refractivity contribution in [2.24, 2.45) is 23.2 Å². The highest BCUT2D eigenvalue weighted by Gasteiger charge is 2.69. The van der Waals surface area contributed by atoms with Gasteiger partial charge in [-0.1, -0.05) is 13.8 Å². The second-order valence-corrected chi connectivity index (χ2v) is 10.8. The number of hydrogen-bond acceptors (Lipinski definition) is 7. The summed E-state index contributed by atoms with van der Waals surface area (Å²) in [5.74, 6) is -8.75. The van der Waals surface area contributed by atoms with Crippen LogP contribution >= 0.6 is 0 Å². The first-order valence-corrected chi connectivity index (χ1v) is 12.6. The summed E-state index contributed by atoms with van der Waals surface area (Å²) < 4.78 is 109. The van der Waals surface area contributed by atoms with Crippen molar-refractivity contribution in [1.29, 1.82) is 0 Å². The first kappa shape index (κ1) is 33.4. The van der Waals surface area contributed by atoms with Gasteiger partial charge in [0.2, 0.25) is 17.7 Å². The van der Waals surface area contributed by atoms with Crippen molar-refractivity contribution in [2.75, 3.05) is 26.3 Å². The van der Waals surface area contributed by atoms with E-state index in [2.05, 4.69) is 20.1 Å². The quantitative estimate of drug-likeness (QED) is 0.274. The van der Waals surface area contributed by atoms with Gasteiger partial charge in [-0.25, -0.2) is 0 Å². The molecule has 2 heterocycles.